The monoisotopic (exact) mass is 547 g/mol. The fourth-order valence-electron chi connectivity index (χ4n) is 3.56. The van der Waals surface area contributed by atoms with Gasteiger partial charge in [-0.05, 0) is 50.1 Å². The molecule has 0 unspecified atom stereocenters. The lowest BCUT2D eigenvalue weighted by atomic mass is 10.1. The first-order valence-electron chi connectivity index (χ1n) is 11.1. The van der Waals surface area contributed by atoms with Crippen molar-refractivity contribution in [1.82, 2.24) is 10.2 Å². The van der Waals surface area contributed by atoms with Crippen molar-refractivity contribution in [3.63, 3.8) is 0 Å². The number of anilines is 1. The molecule has 0 saturated carbocycles. The van der Waals surface area contributed by atoms with Crippen LogP contribution in [0.15, 0.2) is 48.5 Å². The van der Waals surface area contributed by atoms with E-state index in [2.05, 4.69) is 5.32 Å². The molecule has 2 aromatic carbocycles. The molecule has 0 aliphatic carbocycles. The summed E-state index contributed by atoms with van der Waals surface area (Å²) in [7, 11) is -4.17. The summed E-state index contributed by atoms with van der Waals surface area (Å²) in [6.07, 6.45) is -3.71. The fourth-order valence-corrected chi connectivity index (χ4v) is 4.60. The summed E-state index contributed by atoms with van der Waals surface area (Å²) in [6.45, 7) is 4.28. The van der Waals surface area contributed by atoms with Crippen LogP contribution in [0.5, 0.6) is 0 Å². The zero-order chi connectivity index (χ0) is 27.3. The lowest BCUT2D eigenvalue weighted by molar-refractivity contribution is -0.140. The molecule has 0 aliphatic rings. The lowest BCUT2D eigenvalue weighted by Crippen LogP contribution is -2.53. The van der Waals surface area contributed by atoms with Gasteiger partial charge in [0.1, 0.15) is 12.6 Å². The van der Waals surface area contributed by atoms with Crippen molar-refractivity contribution in [2.45, 2.75) is 52.0 Å². The summed E-state index contributed by atoms with van der Waals surface area (Å²) in [6, 6.07) is 9.17. The molecular formula is C24H29ClF3N3O4S. The smallest absolute Gasteiger partial charge is 0.352 e. The Balaban J connectivity index is 2.51. The topological polar surface area (TPSA) is 86.8 Å². The molecule has 1 N–H and O–H groups in total. The second-order valence-corrected chi connectivity index (χ2v) is 10.8. The van der Waals surface area contributed by atoms with E-state index < -0.39 is 46.2 Å². The molecule has 2 rings (SSSR count). The Morgan fingerprint density at radius 1 is 1.08 bits per heavy atom. The normalized spacial score (nSPS) is 12.8. The number of halogens is 4. The highest BCUT2D eigenvalue weighted by molar-refractivity contribution is 7.92. The van der Waals surface area contributed by atoms with Crippen molar-refractivity contribution in [1.29, 1.82) is 0 Å². The molecule has 0 aromatic heterocycles. The molecule has 1 atom stereocenters. The summed E-state index contributed by atoms with van der Waals surface area (Å²) in [5.41, 5.74) is -0.858. The van der Waals surface area contributed by atoms with Gasteiger partial charge >= 0.3 is 6.18 Å². The molecule has 0 radical (unpaired) electrons. The van der Waals surface area contributed by atoms with Gasteiger partial charge in [0, 0.05) is 17.6 Å². The predicted octanol–water partition coefficient (Wildman–Crippen LogP) is 4.46. The van der Waals surface area contributed by atoms with Gasteiger partial charge in [-0.2, -0.15) is 13.2 Å². The summed E-state index contributed by atoms with van der Waals surface area (Å²) in [5.74, 6) is -1.22. The number of nitrogens with one attached hydrogen (secondary N) is 1. The number of amides is 2. The van der Waals surface area contributed by atoms with Crippen LogP contribution in [-0.2, 0) is 32.3 Å². The molecule has 198 valence electrons. The van der Waals surface area contributed by atoms with Crippen LogP contribution in [0.2, 0.25) is 5.02 Å². The standard InChI is InChI=1S/C24H29ClF3N3O4S/c1-5-21(23(33)29-16(2)3)30(14-17-9-6-7-12-20(17)25)22(32)15-31(36(4,34)35)19-11-8-10-18(13-19)24(26,27)28/h6-13,16,21H,5,14-15H2,1-4H3,(H,29,33)/t21-/m0/s1. The molecule has 0 aliphatic heterocycles. The van der Waals surface area contributed by atoms with Crippen molar-refractivity contribution < 1.29 is 31.2 Å². The van der Waals surface area contributed by atoms with E-state index >= 15 is 0 Å². The van der Waals surface area contributed by atoms with Crippen LogP contribution in [0.3, 0.4) is 0 Å². The number of nitrogens with zero attached hydrogens (tertiary/aromatic N) is 2. The molecule has 7 nitrogen and oxygen atoms in total. The molecular weight excluding hydrogens is 519 g/mol. The van der Waals surface area contributed by atoms with Crippen LogP contribution in [0.4, 0.5) is 18.9 Å². The van der Waals surface area contributed by atoms with Gasteiger partial charge in [0.05, 0.1) is 17.5 Å². The zero-order valence-electron chi connectivity index (χ0n) is 20.3. The summed E-state index contributed by atoms with van der Waals surface area (Å²) in [4.78, 5) is 27.7. The maximum absolute atomic E-state index is 13.5. The molecule has 2 aromatic rings. The van der Waals surface area contributed by atoms with E-state index in [4.69, 9.17) is 11.6 Å². The third-order valence-electron chi connectivity index (χ3n) is 5.26. The minimum atomic E-state index is -4.71. The Morgan fingerprint density at radius 2 is 1.72 bits per heavy atom. The second kappa shape index (κ2) is 12.0. The van der Waals surface area contributed by atoms with Gasteiger partial charge in [-0.15, -0.1) is 0 Å². The molecule has 0 spiro atoms. The second-order valence-electron chi connectivity index (χ2n) is 8.52. The van der Waals surface area contributed by atoms with Crippen LogP contribution >= 0.6 is 11.6 Å². The van der Waals surface area contributed by atoms with E-state index in [9.17, 15) is 31.2 Å². The van der Waals surface area contributed by atoms with Gasteiger partial charge in [0.2, 0.25) is 21.8 Å². The van der Waals surface area contributed by atoms with E-state index in [1.54, 1.807) is 45.0 Å². The van der Waals surface area contributed by atoms with Crippen LogP contribution in [-0.4, -0.2) is 50.0 Å². The number of benzene rings is 2. The van der Waals surface area contributed by atoms with Gasteiger partial charge in [-0.25, -0.2) is 8.42 Å². The van der Waals surface area contributed by atoms with Gasteiger partial charge in [0.25, 0.3) is 0 Å². The summed E-state index contributed by atoms with van der Waals surface area (Å²) >= 11 is 6.27. The van der Waals surface area contributed by atoms with E-state index in [1.165, 1.54) is 11.0 Å². The zero-order valence-corrected chi connectivity index (χ0v) is 21.9. The first-order valence-corrected chi connectivity index (χ1v) is 13.4. The SMILES string of the molecule is CC[C@@H](C(=O)NC(C)C)N(Cc1ccccc1Cl)C(=O)CN(c1cccc(C(F)(F)F)c1)S(C)(=O)=O. The molecule has 0 saturated heterocycles. The number of carbonyl (C=O) groups is 2. The lowest BCUT2D eigenvalue weighted by Gasteiger charge is -2.33. The van der Waals surface area contributed by atoms with E-state index in [0.29, 0.717) is 21.0 Å². The highest BCUT2D eigenvalue weighted by Gasteiger charge is 2.34. The quantitative estimate of drug-likeness (QED) is 0.476. The Hall–Kier alpha value is -2.79. The average molecular weight is 548 g/mol. The minimum absolute atomic E-state index is 0.108. The van der Waals surface area contributed by atoms with Crippen LogP contribution in [0.25, 0.3) is 0 Å². The van der Waals surface area contributed by atoms with Crippen LogP contribution < -0.4 is 9.62 Å². The molecule has 0 fully saturated rings. The maximum Gasteiger partial charge on any atom is 0.416 e. The fraction of sp³-hybridized carbons (Fsp3) is 0.417. The van der Waals surface area contributed by atoms with Gasteiger partial charge in [-0.3, -0.25) is 13.9 Å². The van der Waals surface area contributed by atoms with Crippen molar-refractivity contribution >= 4 is 39.1 Å². The first-order chi connectivity index (χ1) is 16.6. The summed E-state index contributed by atoms with van der Waals surface area (Å²) < 4.78 is 65.4. The van der Waals surface area contributed by atoms with E-state index in [1.807, 2.05) is 0 Å². The predicted molar refractivity (Wildman–Crippen MR) is 133 cm³/mol. The third kappa shape index (κ3) is 7.86. The van der Waals surface area contributed by atoms with E-state index in [-0.39, 0.29) is 24.7 Å². The summed E-state index contributed by atoms with van der Waals surface area (Å²) in [5, 5.41) is 3.09. The van der Waals surface area contributed by atoms with Crippen molar-refractivity contribution in [3.8, 4) is 0 Å². The number of hydrogen-bond donors (Lipinski definition) is 1. The molecule has 36 heavy (non-hydrogen) atoms. The molecule has 0 bridgehead atoms. The average Bonchev–Trinajstić information content (AvgIpc) is 2.76. The highest BCUT2D eigenvalue weighted by atomic mass is 35.5. The highest BCUT2D eigenvalue weighted by Crippen LogP contribution is 2.32. The number of rotatable bonds is 10. The maximum atomic E-state index is 13.5. The number of carbonyl (C=O) groups excluding carboxylic acids is 2. The van der Waals surface area contributed by atoms with Crippen molar-refractivity contribution in [2.75, 3.05) is 17.1 Å². The first kappa shape index (κ1) is 29.4. The Morgan fingerprint density at radius 3 is 2.25 bits per heavy atom. The third-order valence-corrected chi connectivity index (χ3v) is 6.77. The van der Waals surface area contributed by atoms with Crippen LogP contribution in [0, 0.1) is 0 Å². The largest absolute Gasteiger partial charge is 0.416 e. The van der Waals surface area contributed by atoms with Gasteiger partial charge in [0.15, 0.2) is 0 Å². The number of sulfonamides is 1. The number of alkyl halides is 3. The van der Waals surface area contributed by atoms with Crippen molar-refractivity contribution in [2.24, 2.45) is 0 Å². The minimum Gasteiger partial charge on any atom is -0.352 e. The molecule has 2 amide bonds. The van der Waals surface area contributed by atoms with Crippen LogP contribution in [0.1, 0.15) is 38.3 Å². The molecule has 12 heteroatoms. The van der Waals surface area contributed by atoms with Gasteiger partial charge in [-0.1, -0.05) is 42.8 Å². The Bertz CT molecular complexity index is 1190. The number of hydrogen-bond acceptors (Lipinski definition) is 4. The molecule has 0 heterocycles. The Kier molecular flexibility index (Phi) is 9.78. The van der Waals surface area contributed by atoms with Crippen molar-refractivity contribution in [3.05, 3.63) is 64.7 Å². The Labute approximate surface area is 214 Å². The van der Waals surface area contributed by atoms with Gasteiger partial charge < -0.3 is 10.2 Å². The van der Waals surface area contributed by atoms with E-state index in [0.717, 1.165) is 18.4 Å².